The first-order valence-corrected chi connectivity index (χ1v) is 10.9. The van der Waals surface area contributed by atoms with Gasteiger partial charge in [0.1, 0.15) is 22.2 Å². The van der Waals surface area contributed by atoms with Gasteiger partial charge < -0.3 is 14.4 Å². The Bertz CT molecular complexity index is 931. The van der Waals surface area contributed by atoms with Crippen LogP contribution in [0.25, 0.3) is 0 Å². The van der Waals surface area contributed by atoms with Crippen molar-refractivity contribution in [1.29, 1.82) is 0 Å². The lowest BCUT2D eigenvalue weighted by molar-refractivity contribution is 0.261. The average Bonchev–Trinajstić information content (AvgIpc) is 2.74. The smallest absolute Gasteiger partial charge is 0.244 e. The summed E-state index contributed by atoms with van der Waals surface area (Å²) in [6.07, 6.45) is 0. The van der Waals surface area contributed by atoms with Crippen LogP contribution in [0.5, 0.6) is 11.5 Å². The highest BCUT2D eigenvalue weighted by molar-refractivity contribution is 7.89. The number of ether oxygens (including phenoxy) is 2. The summed E-state index contributed by atoms with van der Waals surface area (Å²) in [5.74, 6) is 0.334. The normalized spacial score (nSPS) is 15.3. The van der Waals surface area contributed by atoms with Crippen molar-refractivity contribution in [2.24, 2.45) is 0 Å². The zero-order chi connectivity index (χ0) is 20.9. The van der Waals surface area contributed by atoms with Gasteiger partial charge in [0.2, 0.25) is 10.0 Å². The van der Waals surface area contributed by atoms with Crippen LogP contribution in [0, 0.1) is 5.82 Å². The van der Waals surface area contributed by atoms with Crippen LogP contribution < -0.4 is 19.1 Å². The highest BCUT2D eigenvalue weighted by atomic mass is 32.2. The van der Waals surface area contributed by atoms with E-state index in [9.17, 15) is 12.8 Å². The molecule has 2 aromatic carbocycles. The summed E-state index contributed by atoms with van der Waals surface area (Å²) < 4.78 is 51.5. The molecule has 1 aliphatic rings. The van der Waals surface area contributed by atoms with E-state index in [1.807, 2.05) is 24.3 Å². The average molecular weight is 424 g/mol. The van der Waals surface area contributed by atoms with Crippen LogP contribution in [0.3, 0.4) is 0 Å². The predicted octanol–water partition coefficient (Wildman–Crippen LogP) is 1.94. The fourth-order valence-corrected chi connectivity index (χ4v) is 4.58. The molecule has 0 saturated carbocycles. The number of sulfonamides is 1. The molecule has 1 saturated heterocycles. The molecule has 158 valence electrons. The first-order chi connectivity index (χ1) is 13.9. The van der Waals surface area contributed by atoms with E-state index in [0.717, 1.165) is 43.7 Å². The molecule has 7 nitrogen and oxygen atoms in total. The summed E-state index contributed by atoms with van der Waals surface area (Å²) in [5, 5.41) is 0. The van der Waals surface area contributed by atoms with Gasteiger partial charge >= 0.3 is 0 Å². The van der Waals surface area contributed by atoms with E-state index in [-0.39, 0.29) is 17.2 Å². The fraction of sp³-hybridized carbons (Fsp3) is 0.400. The van der Waals surface area contributed by atoms with Crippen molar-refractivity contribution in [3.05, 3.63) is 48.3 Å². The number of rotatable bonds is 8. The van der Waals surface area contributed by atoms with Crippen molar-refractivity contribution in [2.45, 2.75) is 4.90 Å². The van der Waals surface area contributed by atoms with Crippen molar-refractivity contribution >= 4 is 15.7 Å². The molecule has 0 atom stereocenters. The number of halogens is 1. The van der Waals surface area contributed by atoms with Crippen LogP contribution in [0.15, 0.2) is 47.4 Å². The Morgan fingerprint density at radius 1 is 1.00 bits per heavy atom. The molecule has 0 spiro atoms. The lowest BCUT2D eigenvalue weighted by Crippen LogP contribution is -2.48. The molecule has 1 N–H and O–H groups in total. The van der Waals surface area contributed by atoms with Gasteiger partial charge in [0.05, 0.1) is 19.9 Å². The van der Waals surface area contributed by atoms with E-state index in [1.165, 1.54) is 19.2 Å². The van der Waals surface area contributed by atoms with Gasteiger partial charge in [-0.25, -0.2) is 17.5 Å². The minimum absolute atomic E-state index is 0.115. The van der Waals surface area contributed by atoms with E-state index < -0.39 is 15.8 Å². The molecule has 0 unspecified atom stereocenters. The third-order valence-corrected chi connectivity index (χ3v) is 6.42. The number of hydrogen-bond acceptors (Lipinski definition) is 6. The summed E-state index contributed by atoms with van der Waals surface area (Å²) in [7, 11) is -0.842. The highest BCUT2D eigenvalue weighted by Gasteiger charge is 2.22. The second-order valence-corrected chi connectivity index (χ2v) is 8.43. The summed E-state index contributed by atoms with van der Waals surface area (Å²) >= 11 is 0. The standard InChI is InChI=1S/C20H26FN3O4S/c1-27-18-6-4-3-5-17(18)24-13-11-23(12-14-24)10-9-22-29(25,26)20-15-16(21)7-8-19(20)28-2/h3-8,15,22H,9-14H2,1-2H3. The van der Waals surface area contributed by atoms with Crippen LogP contribution in [0.2, 0.25) is 0 Å². The first kappa shape index (κ1) is 21.4. The topological polar surface area (TPSA) is 71.1 Å². The Kier molecular flexibility index (Phi) is 6.94. The largest absolute Gasteiger partial charge is 0.495 e. The van der Waals surface area contributed by atoms with Crippen molar-refractivity contribution in [3.63, 3.8) is 0 Å². The Morgan fingerprint density at radius 3 is 2.38 bits per heavy atom. The van der Waals surface area contributed by atoms with Gasteiger partial charge in [-0.2, -0.15) is 0 Å². The number of piperazine rings is 1. The monoisotopic (exact) mass is 423 g/mol. The van der Waals surface area contributed by atoms with Crippen molar-refractivity contribution < 1.29 is 22.3 Å². The number of methoxy groups -OCH3 is 2. The number of benzene rings is 2. The molecule has 2 aromatic rings. The van der Waals surface area contributed by atoms with Crippen LogP contribution in [-0.4, -0.2) is 66.8 Å². The SMILES string of the molecule is COc1ccccc1N1CCN(CCNS(=O)(=O)c2cc(F)ccc2OC)CC1. The van der Waals surface area contributed by atoms with E-state index in [4.69, 9.17) is 9.47 Å². The van der Waals surface area contributed by atoms with Crippen molar-refractivity contribution in [1.82, 2.24) is 9.62 Å². The summed E-state index contributed by atoms with van der Waals surface area (Å²) in [5.41, 5.74) is 1.06. The Balaban J connectivity index is 1.53. The molecule has 3 rings (SSSR count). The second kappa shape index (κ2) is 9.43. The molecular formula is C20H26FN3O4S. The lowest BCUT2D eigenvalue weighted by Gasteiger charge is -2.36. The maximum Gasteiger partial charge on any atom is 0.244 e. The Labute approximate surface area is 171 Å². The van der Waals surface area contributed by atoms with Crippen LogP contribution in [0.1, 0.15) is 0 Å². The molecule has 0 amide bonds. The summed E-state index contributed by atoms with van der Waals surface area (Å²) in [6, 6.07) is 11.3. The molecule has 1 fully saturated rings. The second-order valence-electron chi connectivity index (χ2n) is 6.69. The minimum Gasteiger partial charge on any atom is -0.495 e. The highest BCUT2D eigenvalue weighted by Crippen LogP contribution is 2.28. The molecule has 0 aliphatic carbocycles. The lowest BCUT2D eigenvalue weighted by atomic mass is 10.2. The van der Waals surface area contributed by atoms with Crippen molar-refractivity contribution in [2.75, 3.05) is 58.4 Å². The number of anilines is 1. The van der Waals surface area contributed by atoms with Crippen LogP contribution in [0.4, 0.5) is 10.1 Å². The fourth-order valence-electron chi connectivity index (χ4n) is 3.38. The maximum atomic E-state index is 13.5. The number of hydrogen-bond donors (Lipinski definition) is 1. The van der Waals surface area contributed by atoms with Gasteiger partial charge in [0, 0.05) is 39.3 Å². The number of nitrogens with zero attached hydrogens (tertiary/aromatic N) is 2. The molecular weight excluding hydrogens is 397 g/mol. The van der Waals surface area contributed by atoms with Crippen molar-refractivity contribution in [3.8, 4) is 11.5 Å². The third-order valence-electron chi connectivity index (χ3n) is 4.93. The van der Waals surface area contributed by atoms with E-state index in [2.05, 4.69) is 14.5 Å². The number of para-hydroxylation sites is 2. The third kappa shape index (κ3) is 5.17. The van der Waals surface area contributed by atoms with E-state index in [0.29, 0.717) is 6.54 Å². The van der Waals surface area contributed by atoms with Crippen LogP contribution in [-0.2, 0) is 10.0 Å². The summed E-state index contributed by atoms with van der Waals surface area (Å²) in [6.45, 7) is 4.06. The molecule has 0 aromatic heterocycles. The first-order valence-electron chi connectivity index (χ1n) is 9.38. The van der Waals surface area contributed by atoms with E-state index >= 15 is 0 Å². The van der Waals surface area contributed by atoms with Gasteiger partial charge in [-0.3, -0.25) is 4.90 Å². The Hall–Kier alpha value is -2.36. The van der Waals surface area contributed by atoms with Gasteiger partial charge in [0.25, 0.3) is 0 Å². The Morgan fingerprint density at radius 2 is 1.69 bits per heavy atom. The van der Waals surface area contributed by atoms with Gasteiger partial charge in [-0.15, -0.1) is 0 Å². The molecule has 0 radical (unpaired) electrons. The van der Waals surface area contributed by atoms with Gasteiger partial charge in [-0.05, 0) is 30.3 Å². The molecule has 9 heteroatoms. The van der Waals surface area contributed by atoms with Crippen LogP contribution >= 0.6 is 0 Å². The van der Waals surface area contributed by atoms with Gasteiger partial charge in [0.15, 0.2) is 0 Å². The number of nitrogens with one attached hydrogen (secondary N) is 1. The minimum atomic E-state index is -3.86. The molecule has 29 heavy (non-hydrogen) atoms. The maximum absolute atomic E-state index is 13.5. The molecule has 1 aliphatic heterocycles. The predicted molar refractivity (Wildman–Crippen MR) is 110 cm³/mol. The molecule has 1 heterocycles. The quantitative estimate of drug-likeness (QED) is 0.700. The zero-order valence-corrected chi connectivity index (χ0v) is 17.4. The molecule has 0 bridgehead atoms. The van der Waals surface area contributed by atoms with E-state index in [1.54, 1.807) is 7.11 Å². The zero-order valence-electron chi connectivity index (χ0n) is 16.6. The van der Waals surface area contributed by atoms with Gasteiger partial charge in [-0.1, -0.05) is 12.1 Å². The summed E-state index contributed by atoms with van der Waals surface area (Å²) in [4.78, 5) is 4.26.